The first-order valence-corrected chi connectivity index (χ1v) is 5.22. The molecule has 0 bridgehead atoms. The predicted molar refractivity (Wildman–Crippen MR) is 66.8 cm³/mol. The zero-order valence-corrected chi connectivity index (χ0v) is 9.75. The molecule has 2 aromatic rings. The van der Waals surface area contributed by atoms with Gasteiger partial charge in [-0.1, -0.05) is 0 Å². The highest BCUT2D eigenvalue weighted by molar-refractivity contribution is 5.98. The van der Waals surface area contributed by atoms with E-state index in [1.807, 2.05) is 0 Å². The monoisotopic (exact) mass is 244 g/mol. The first kappa shape index (κ1) is 11.8. The number of nitrogens with zero attached hydrogens (tertiary/aromatic N) is 2. The number of nitrogens with one attached hydrogen (secondary N) is 1. The van der Waals surface area contributed by atoms with Crippen LogP contribution >= 0.6 is 0 Å². The zero-order valence-electron chi connectivity index (χ0n) is 9.75. The lowest BCUT2D eigenvalue weighted by molar-refractivity contribution is 0.100. The lowest BCUT2D eigenvalue weighted by Gasteiger charge is -2.09. The summed E-state index contributed by atoms with van der Waals surface area (Å²) >= 11 is 0. The van der Waals surface area contributed by atoms with Crippen LogP contribution in [0.5, 0.6) is 5.88 Å². The number of methoxy groups -OCH3 is 1. The van der Waals surface area contributed by atoms with Gasteiger partial charge in [-0.2, -0.15) is 0 Å². The van der Waals surface area contributed by atoms with Crippen molar-refractivity contribution in [1.82, 2.24) is 9.97 Å². The molecule has 2 rings (SSSR count). The topological polar surface area (TPSA) is 90.1 Å². The number of nitrogens with two attached hydrogens (primary N) is 1. The fourth-order valence-corrected chi connectivity index (χ4v) is 1.44. The minimum absolute atomic E-state index is 0.327. The SMILES string of the molecule is COc1cc(Nc2ncccc2C(N)=O)ccn1. The summed E-state index contributed by atoms with van der Waals surface area (Å²) in [5.41, 5.74) is 6.31. The molecule has 0 saturated carbocycles. The van der Waals surface area contributed by atoms with Crippen molar-refractivity contribution in [3.05, 3.63) is 42.2 Å². The minimum atomic E-state index is -0.536. The van der Waals surface area contributed by atoms with Crippen molar-refractivity contribution in [3.63, 3.8) is 0 Å². The molecule has 0 aliphatic carbocycles. The van der Waals surface area contributed by atoms with Crippen LogP contribution in [0.3, 0.4) is 0 Å². The highest BCUT2D eigenvalue weighted by Crippen LogP contribution is 2.20. The molecule has 0 aromatic carbocycles. The van der Waals surface area contributed by atoms with Crippen LogP contribution in [0.15, 0.2) is 36.7 Å². The summed E-state index contributed by atoms with van der Waals surface area (Å²) in [7, 11) is 1.53. The smallest absolute Gasteiger partial charge is 0.252 e. The van der Waals surface area contributed by atoms with Crippen molar-refractivity contribution in [2.24, 2.45) is 5.73 Å². The standard InChI is InChI=1S/C12H12N4O2/c1-18-10-7-8(4-6-14-10)16-12-9(11(13)17)3-2-5-15-12/h2-7H,1H3,(H2,13,17)(H,14,15,16). The molecular formula is C12H12N4O2. The fraction of sp³-hybridized carbons (Fsp3) is 0.0833. The van der Waals surface area contributed by atoms with Crippen LogP contribution in [-0.2, 0) is 0 Å². The number of carbonyl (C=O) groups excluding carboxylic acids is 1. The van der Waals surface area contributed by atoms with E-state index < -0.39 is 5.91 Å². The fourth-order valence-electron chi connectivity index (χ4n) is 1.44. The van der Waals surface area contributed by atoms with Crippen molar-refractivity contribution in [3.8, 4) is 5.88 Å². The second-order valence-corrected chi connectivity index (χ2v) is 3.48. The number of ether oxygens (including phenoxy) is 1. The molecule has 6 nitrogen and oxygen atoms in total. The lowest BCUT2D eigenvalue weighted by Crippen LogP contribution is -2.14. The molecule has 0 spiro atoms. The van der Waals surface area contributed by atoms with Gasteiger partial charge in [0, 0.05) is 24.1 Å². The molecule has 18 heavy (non-hydrogen) atoms. The van der Waals surface area contributed by atoms with Gasteiger partial charge in [0.1, 0.15) is 5.82 Å². The predicted octanol–water partition coefficient (Wildman–Crippen LogP) is 1.33. The van der Waals surface area contributed by atoms with Gasteiger partial charge in [0.25, 0.3) is 5.91 Å². The summed E-state index contributed by atoms with van der Waals surface area (Å²) < 4.78 is 5.01. The second-order valence-electron chi connectivity index (χ2n) is 3.48. The summed E-state index contributed by atoms with van der Waals surface area (Å²) in [6, 6.07) is 6.69. The minimum Gasteiger partial charge on any atom is -0.481 e. The Morgan fingerprint density at radius 2 is 2.17 bits per heavy atom. The maximum atomic E-state index is 11.2. The van der Waals surface area contributed by atoms with Crippen LogP contribution in [0.1, 0.15) is 10.4 Å². The van der Waals surface area contributed by atoms with E-state index in [0.29, 0.717) is 22.9 Å². The molecule has 92 valence electrons. The molecule has 0 atom stereocenters. The number of hydrogen-bond acceptors (Lipinski definition) is 5. The molecule has 0 radical (unpaired) electrons. The van der Waals surface area contributed by atoms with E-state index in [2.05, 4.69) is 15.3 Å². The van der Waals surface area contributed by atoms with Crippen LogP contribution in [0.2, 0.25) is 0 Å². The van der Waals surface area contributed by atoms with Crippen LogP contribution < -0.4 is 15.8 Å². The van der Waals surface area contributed by atoms with Gasteiger partial charge in [-0.15, -0.1) is 0 Å². The Kier molecular flexibility index (Phi) is 3.38. The van der Waals surface area contributed by atoms with Gasteiger partial charge in [0.2, 0.25) is 5.88 Å². The van der Waals surface area contributed by atoms with Crippen LogP contribution in [0.25, 0.3) is 0 Å². The van der Waals surface area contributed by atoms with E-state index in [1.165, 1.54) is 7.11 Å². The molecule has 0 saturated heterocycles. The molecule has 2 heterocycles. The van der Waals surface area contributed by atoms with Crippen molar-refractivity contribution in [2.45, 2.75) is 0 Å². The Morgan fingerprint density at radius 1 is 1.33 bits per heavy atom. The van der Waals surface area contributed by atoms with Crippen molar-refractivity contribution < 1.29 is 9.53 Å². The number of amides is 1. The van der Waals surface area contributed by atoms with E-state index in [1.54, 1.807) is 36.7 Å². The van der Waals surface area contributed by atoms with Crippen LogP contribution in [-0.4, -0.2) is 23.0 Å². The zero-order chi connectivity index (χ0) is 13.0. The molecule has 0 aliphatic heterocycles. The average Bonchev–Trinajstić information content (AvgIpc) is 2.39. The Labute approximate surface area is 104 Å². The molecule has 3 N–H and O–H groups in total. The van der Waals surface area contributed by atoms with Crippen molar-refractivity contribution in [2.75, 3.05) is 12.4 Å². The normalized spacial score (nSPS) is 9.83. The molecule has 2 aromatic heterocycles. The molecule has 0 unspecified atom stereocenters. The van der Waals surface area contributed by atoms with Gasteiger partial charge in [-0.3, -0.25) is 4.79 Å². The molecular weight excluding hydrogens is 232 g/mol. The van der Waals surface area contributed by atoms with E-state index >= 15 is 0 Å². The number of carbonyl (C=O) groups is 1. The van der Waals surface area contributed by atoms with Crippen LogP contribution in [0.4, 0.5) is 11.5 Å². The maximum Gasteiger partial charge on any atom is 0.252 e. The third kappa shape index (κ3) is 2.54. The first-order chi connectivity index (χ1) is 8.70. The van der Waals surface area contributed by atoms with Gasteiger partial charge in [-0.25, -0.2) is 9.97 Å². The van der Waals surface area contributed by atoms with E-state index in [-0.39, 0.29) is 0 Å². The number of pyridine rings is 2. The number of anilines is 2. The quantitative estimate of drug-likeness (QED) is 0.846. The summed E-state index contributed by atoms with van der Waals surface area (Å²) in [4.78, 5) is 19.3. The third-order valence-electron chi connectivity index (χ3n) is 2.28. The Bertz CT molecular complexity index is 572. The van der Waals surface area contributed by atoms with E-state index in [0.717, 1.165) is 0 Å². The third-order valence-corrected chi connectivity index (χ3v) is 2.28. The summed E-state index contributed by atoms with van der Waals surface area (Å²) in [6.07, 6.45) is 3.17. The summed E-state index contributed by atoms with van der Waals surface area (Å²) in [5.74, 6) is 0.335. The Balaban J connectivity index is 2.31. The van der Waals surface area contributed by atoms with Gasteiger partial charge >= 0.3 is 0 Å². The molecule has 0 aliphatic rings. The number of hydrogen-bond donors (Lipinski definition) is 2. The molecule has 0 fully saturated rings. The van der Waals surface area contributed by atoms with Crippen molar-refractivity contribution in [1.29, 1.82) is 0 Å². The van der Waals surface area contributed by atoms with Gasteiger partial charge in [0.05, 0.1) is 12.7 Å². The largest absolute Gasteiger partial charge is 0.481 e. The summed E-state index contributed by atoms with van der Waals surface area (Å²) in [6.45, 7) is 0. The number of aromatic nitrogens is 2. The van der Waals surface area contributed by atoms with E-state index in [4.69, 9.17) is 10.5 Å². The first-order valence-electron chi connectivity index (χ1n) is 5.22. The number of primary amides is 1. The molecule has 6 heteroatoms. The summed E-state index contributed by atoms with van der Waals surface area (Å²) in [5, 5.41) is 3.00. The highest BCUT2D eigenvalue weighted by Gasteiger charge is 2.09. The molecule has 1 amide bonds. The maximum absolute atomic E-state index is 11.2. The van der Waals surface area contributed by atoms with E-state index in [9.17, 15) is 4.79 Å². The average molecular weight is 244 g/mol. The van der Waals surface area contributed by atoms with Gasteiger partial charge < -0.3 is 15.8 Å². The Hall–Kier alpha value is -2.63. The lowest BCUT2D eigenvalue weighted by atomic mass is 10.2. The van der Waals surface area contributed by atoms with Crippen molar-refractivity contribution >= 4 is 17.4 Å². The Morgan fingerprint density at radius 3 is 2.89 bits per heavy atom. The van der Waals surface area contributed by atoms with Gasteiger partial charge in [0.15, 0.2) is 0 Å². The second kappa shape index (κ2) is 5.13. The van der Waals surface area contributed by atoms with Crippen LogP contribution in [0, 0.1) is 0 Å². The van der Waals surface area contributed by atoms with Gasteiger partial charge in [-0.05, 0) is 18.2 Å². The number of rotatable bonds is 4. The highest BCUT2D eigenvalue weighted by atomic mass is 16.5.